The quantitative estimate of drug-likeness (QED) is 0.527. The zero-order valence-corrected chi connectivity index (χ0v) is 15.0. The van der Waals surface area contributed by atoms with Crippen molar-refractivity contribution in [2.24, 2.45) is 5.10 Å². The summed E-state index contributed by atoms with van der Waals surface area (Å²) in [6, 6.07) is 16.7. The number of hydrazone groups is 1. The second-order valence-corrected chi connectivity index (χ2v) is 5.83. The zero-order chi connectivity index (χ0) is 17.6. The van der Waals surface area contributed by atoms with E-state index in [1.807, 2.05) is 54.6 Å². The Morgan fingerprint density at radius 1 is 1.16 bits per heavy atom. The maximum atomic E-state index is 12.5. The Bertz CT molecular complexity index is 955. The molecule has 0 unspecified atom stereocenters. The summed E-state index contributed by atoms with van der Waals surface area (Å²) in [4.78, 5) is 12.5. The van der Waals surface area contributed by atoms with Gasteiger partial charge in [-0.25, -0.2) is 0 Å². The zero-order valence-electron chi connectivity index (χ0n) is 13.4. The van der Waals surface area contributed by atoms with Gasteiger partial charge in [-0.15, -0.1) is 0 Å². The van der Waals surface area contributed by atoms with Gasteiger partial charge in [0.25, 0.3) is 5.56 Å². The summed E-state index contributed by atoms with van der Waals surface area (Å²) in [5, 5.41) is 8.33. The van der Waals surface area contributed by atoms with Crippen molar-refractivity contribution in [3.8, 4) is 11.4 Å². The molecular formula is C18H15BrN4O2. The number of benzene rings is 2. The Kier molecular flexibility index (Phi) is 5.25. The Morgan fingerprint density at radius 2 is 1.88 bits per heavy atom. The summed E-state index contributed by atoms with van der Waals surface area (Å²) in [6.07, 6.45) is 3.16. The molecule has 25 heavy (non-hydrogen) atoms. The highest BCUT2D eigenvalue weighted by Crippen LogP contribution is 2.18. The normalized spacial score (nSPS) is 10.8. The number of rotatable bonds is 5. The largest absolute Gasteiger partial charge is 0.496 e. The molecule has 1 aromatic heterocycles. The van der Waals surface area contributed by atoms with E-state index >= 15 is 0 Å². The first-order valence-corrected chi connectivity index (χ1v) is 8.25. The highest BCUT2D eigenvalue weighted by molar-refractivity contribution is 9.10. The van der Waals surface area contributed by atoms with E-state index in [2.05, 4.69) is 31.6 Å². The fourth-order valence-electron chi connectivity index (χ4n) is 2.21. The minimum Gasteiger partial charge on any atom is -0.496 e. The van der Waals surface area contributed by atoms with Crippen LogP contribution >= 0.6 is 15.9 Å². The van der Waals surface area contributed by atoms with Gasteiger partial charge >= 0.3 is 0 Å². The summed E-state index contributed by atoms with van der Waals surface area (Å²) in [5.41, 5.74) is 4.54. The number of nitrogens with zero attached hydrogens (tertiary/aromatic N) is 3. The first-order chi connectivity index (χ1) is 12.2. The summed E-state index contributed by atoms with van der Waals surface area (Å²) >= 11 is 3.31. The van der Waals surface area contributed by atoms with Gasteiger partial charge in [0.1, 0.15) is 10.2 Å². The Labute approximate surface area is 152 Å². The van der Waals surface area contributed by atoms with E-state index in [0.717, 1.165) is 5.56 Å². The molecule has 0 spiro atoms. The molecular weight excluding hydrogens is 384 g/mol. The van der Waals surface area contributed by atoms with Gasteiger partial charge in [-0.1, -0.05) is 30.3 Å². The van der Waals surface area contributed by atoms with E-state index in [1.165, 1.54) is 10.9 Å². The molecule has 2 aromatic carbocycles. The SMILES string of the molecule is COc1ccccc1/C=N/Nc1cnn(-c2ccccc2)c(=O)c1Br. The Hall–Kier alpha value is -2.93. The van der Waals surface area contributed by atoms with Crippen LogP contribution in [0.3, 0.4) is 0 Å². The van der Waals surface area contributed by atoms with Crippen LogP contribution in [0.15, 0.2) is 75.2 Å². The second-order valence-electron chi connectivity index (χ2n) is 5.04. The van der Waals surface area contributed by atoms with Crippen LogP contribution in [0.1, 0.15) is 5.56 Å². The lowest BCUT2D eigenvalue weighted by Crippen LogP contribution is -2.22. The number of methoxy groups -OCH3 is 1. The van der Waals surface area contributed by atoms with Crippen molar-refractivity contribution in [2.45, 2.75) is 0 Å². The van der Waals surface area contributed by atoms with Crippen molar-refractivity contribution in [2.75, 3.05) is 12.5 Å². The molecule has 0 atom stereocenters. The third-order valence-corrected chi connectivity index (χ3v) is 4.21. The maximum Gasteiger partial charge on any atom is 0.287 e. The van der Waals surface area contributed by atoms with Crippen LogP contribution in [0.5, 0.6) is 5.75 Å². The minimum atomic E-state index is -0.274. The van der Waals surface area contributed by atoms with Crippen molar-refractivity contribution in [3.05, 3.63) is 81.2 Å². The lowest BCUT2D eigenvalue weighted by molar-refractivity contribution is 0.414. The summed E-state index contributed by atoms with van der Waals surface area (Å²) in [6.45, 7) is 0. The first-order valence-electron chi connectivity index (χ1n) is 7.46. The lowest BCUT2D eigenvalue weighted by atomic mass is 10.2. The molecule has 3 aromatic rings. The highest BCUT2D eigenvalue weighted by Gasteiger charge is 2.09. The second kappa shape index (κ2) is 7.76. The molecule has 0 fully saturated rings. The van der Waals surface area contributed by atoms with Crippen molar-refractivity contribution < 1.29 is 4.74 Å². The summed E-state index contributed by atoms with van der Waals surface area (Å²) in [7, 11) is 1.60. The molecule has 0 aliphatic heterocycles. The molecule has 6 nitrogen and oxygen atoms in total. The Morgan fingerprint density at radius 3 is 2.64 bits per heavy atom. The molecule has 1 N–H and O–H groups in total. The van der Waals surface area contributed by atoms with Crippen molar-refractivity contribution in [1.82, 2.24) is 9.78 Å². The minimum absolute atomic E-state index is 0.274. The van der Waals surface area contributed by atoms with Gasteiger partial charge in [0.05, 0.1) is 30.9 Å². The van der Waals surface area contributed by atoms with Crippen molar-refractivity contribution >= 4 is 27.8 Å². The third-order valence-electron chi connectivity index (χ3n) is 3.45. The number of nitrogens with one attached hydrogen (secondary N) is 1. The third kappa shape index (κ3) is 3.77. The smallest absolute Gasteiger partial charge is 0.287 e. The van der Waals surface area contributed by atoms with Gasteiger partial charge in [0.2, 0.25) is 0 Å². The van der Waals surface area contributed by atoms with E-state index in [1.54, 1.807) is 13.3 Å². The molecule has 0 aliphatic rings. The van der Waals surface area contributed by atoms with Crippen molar-refractivity contribution in [1.29, 1.82) is 0 Å². The first kappa shape index (κ1) is 16.9. The summed E-state index contributed by atoms with van der Waals surface area (Å²) < 4.78 is 6.93. The van der Waals surface area contributed by atoms with Gasteiger partial charge in [0, 0.05) is 5.56 Å². The van der Waals surface area contributed by atoms with Crippen LogP contribution < -0.4 is 15.7 Å². The monoisotopic (exact) mass is 398 g/mol. The fourth-order valence-corrected chi connectivity index (χ4v) is 2.57. The number of para-hydroxylation sites is 2. The van der Waals surface area contributed by atoms with Crippen LogP contribution in [-0.4, -0.2) is 23.1 Å². The van der Waals surface area contributed by atoms with Gasteiger partial charge in [0.15, 0.2) is 0 Å². The standard InChI is InChI=1S/C18H15BrN4O2/c1-25-16-10-6-5-7-13(16)11-20-22-15-12-21-23(18(24)17(15)19)14-8-3-2-4-9-14/h2-12,22H,1H3/b20-11+. The van der Waals surface area contributed by atoms with E-state index in [4.69, 9.17) is 4.74 Å². The average Bonchev–Trinajstić information content (AvgIpc) is 2.66. The molecule has 0 aliphatic carbocycles. The molecule has 0 saturated carbocycles. The molecule has 0 radical (unpaired) electrons. The highest BCUT2D eigenvalue weighted by atomic mass is 79.9. The van der Waals surface area contributed by atoms with E-state index in [9.17, 15) is 4.79 Å². The van der Waals surface area contributed by atoms with Crippen LogP contribution in [0.25, 0.3) is 5.69 Å². The molecule has 3 rings (SSSR count). The van der Waals surface area contributed by atoms with Gasteiger partial charge in [-0.2, -0.15) is 14.9 Å². The van der Waals surface area contributed by atoms with Gasteiger partial charge < -0.3 is 4.74 Å². The number of hydrogen-bond donors (Lipinski definition) is 1. The van der Waals surface area contributed by atoms with Crippen LogP contribution in [-0.2, 0) is 0 Å². The topological polar surface area (TPSA) is 68.5 Å². The molecule has 0 saturated heterocycles. The van der Waals surface area contributed by atoms with Crippen LogP contribution in [0.4, 0.5) is 5.69 Å². The van der Waals surface area contributed by atoms with Gasteiger partial charge in [-0.05, 0) is 40.2 Å². The van der Waals surface area contributed by atoms with Crippen LogP contribution in [0, 0.1) is 0 Å². The molecule has 1 heterocycles. The van der Waals surface area contributed by atoms with Gasteiger partial charge in [-0.3, -0.25) is 10.2 Å². The van der Waals surface area contributed by atoms with Crippen molar-refractivity contribution in [3.63, 3.8) is 0 Å². The van der Waals surface area contributed by atoms with Crippen LogP contribution in [0.2, 0.25) is 0 Å². The number of aromatic nitrogens is 2. The maximum absolute atomic E-state index is 12.5. The predicted octanol–water partition coefficient (Wildman–Crippen LogP) is 3.45. The predicted molar refractivity (Wildman–Crippen MR) is 102 cm³/mol. The molecule has 0 bridgehead atoms. The van der Waals surface area contributed by atoms with E-state index in [-0.39, 0.29) is 5.56 Å². The number of halogens is 1. The Balaban J connectivity index is 1.83. The molecule has 0 amide bonds. The summed E-state index contributed by atoms with van der Waals surface area (Å²) in [5.74, 6) is 0.713. The van der Waals surface area contributed by atoms with E-state index < -0.39 is 0 Å². The molecule has 7 heteroatoms. The number of hydrogen-bond acceptors (Lipinski definition) is 5. The fraction of sp³-hybridized carbons (Fsp3) is 0.0556. The number of ether oxygens (including phenoxy) is 1. The number of anilines is 1. The lowest BCUT2D eigenvalue weighted by Gasteiger charge is -2.08. The van der Waals surface area contributed by atoms with E-state index in [0.29, 0.717) is 21.6 Å². The average molecular weight is 399 g/mol. The molecule has 126 valence electrons.